The predicted octanol–water partition coefficient (Wildman–Crippen LogP) is 1.87. The van der Waals surface area contributed by atoms with Crippen LogP contribution in [0.3, 0.4) is 0 Å². The molecule has 0 aromatic heterocycles. The maximum absolute atomic E-state index is 13.4. The van der Waals surface area contributed by atoms with Crippen LogP contribution in [0.5, 0.6) is 0 Å². The van der Waals surface area contributed by atoms with Gasteiger partial charge in [-0.2, -0.15) is 0 Å². The lowest BCUT2D eigenvalue weighted by atomic mass is 9.72. The zero-order valence-electron chi connectivity index (χ0n) is 8.21. The monoisotopic (exact) mass is 229 g/mol. The van der Waals surface area contributed by atoms with E-state index in [1.807, 2.05) is 0 Å². The van der Waals surface area contributed by atoms with E-state index in [9.17, 15) is 9.50 Å². The number of halogens is 2. The zero-order valence-corrected chi connectivity index (χ0v) is 8.97. The molecule has 0 unspecified atom stereocenters. The summed E-state index contributed by atoms with van der Waals surface area (Å²) >= 11 is 5.64. The van der Waals surface area contributed by atoms with Gasteiger partial charge in [-0.15, -0.1) is 0 Å². The average molecular weight is 230 g/mol. The Morgan fingerprint density at radius 3 is 2.73 bits per heavy atom. The molecule has 0 spiro atoms. The van der Waals surface area contributed by atoms with Crippen molar-refractivity contribution in [2.45, 2.75) is 30.9 Å². The fourth-order valence-electron chi connectivity index (χ4n) is 2.08. The minimum Gasteiger partial charge on any atom is -0.389 e. The van der Waals surface area contributed by atoms with Gasteiger partial charge in [-0.05, 0) is 30.5 Å². The fourth-order valence-corrected chi connectivity index (χ4v) is 2.24. The molecule has 0 aliphatic heterocycles. The molecule has 1 fully saturated rings. The largest absolute Gasteiger partial charge is 0.389 e. The van der Waals surface area contributed by atoms with Gasteiger partial charge < -0.3 is 10.8 Å². The van der Waals surface area contributed by atoms with E-state index >= 15 is 0 Å². The van der Waals surface area contributed by atoms with Gasteiger partial charge in [-0.1, -0.05) is 17.7 Å². The van der Waals surface area contributed by atoms with E-state index in [4.69, 9.17) is 17.3 Å². The molecule has 1 aliphatic rings. The molecule has 1 aromatic carbocycles. The van der Waals surface area contributed by atoms with E-state index in [0.29, 0.717) is 29.8 Å². The Labute approximate surface area is 92.9 Å². The van der Waals surface area contributed by atoms with Gasteiger partial charge in [0.2, 0.25) is 0 Å². The van der Waals surface area contributed by atoms with E-state index in [1.54, 1.807) is 12.1 Å². The molecule has 0 saturated heterocycles. The van der Waals surface area contributed by atoms with Crippen LogP contribution in [-0.2, 0) is 6.42 Å². The molecule has 0 atom stereocenters. The van der Waals surface area contributed by atoms with E-state index < -0.39 is 5.60 Å². The Morgan fingerprint density at radius 1 is 1.53 bits per heavy atom. The highest BCUT2D eigenvalue weighted by Gasteiger charge is 2.40. The van der Waals surface area contributed by atoms with Crippen molar-refractivity contribution >= 4 is 11.6 Å². The molecule has 2 rings (SSSR count). The number of rotatable bonds is 2. The molecule has 0 amide bonds. The molecule has 4 heteroatoms. The molecule has 0 bridgehead atoms. The summed E-state index contributed by atoms with van der Waals surface area (Å²) in [6.45, 7) is 0. The second kappa shape index (κ2) is 3.74. The van der Waals surface area contributed by atoms with Crippen LogP contribution in [0.2, 0.25) is 5.02 Å². The molecular formula is C11H13ClFNO. The highest BCUT2D eigenvalue weighted by atomic mass is 35.5. The first kappa shape index (κ1) is 10.9. The Hall–Kier alpha value is -0.640. The van der Waals surface area contributed by atoms with Crippen LogP contribution in [0.15, 0.2) is 18.2 Å². The molecule has 1 aromatic rings. The van der Waals surface area contributed by atoms with E-state index in [2.05, 4.69) is 0 Å². The van der Waals surface area contributed by atoms with Crippen molar-refractivity contribution in [3.05, 3.63) is 34.6 Å². The maximum atomic E-state index is 13.4. The normalized spacial score (nSPS) is 30.0. The smallest absolute Gasteiger partial charge is 0.127 e. The van der Waals surface area contributed by atoms with Crippen molar-refractivity contribution in [1.29, 1.82) is 0 Å². The third-order valence-corrected chi connectivity index (χ3v) is 3.05. The summed E-state index contributed by atoms with van der Waals surface area (Å²) in [7, 11) is 0. The lowest BCUT2D eigenvalue weighted by molar-refractivity contribution is -0.0460. The van der Waals surface area contributed by atoms with Gasteiger partial charge in [0.05, 0.1) is 5.60 Å². The Kier molecular flexibility index (Phi) is 2.71. The standard InChI is InChI=1S/C11H13ClFNO/c12-8-2-1-7(10(13)3-8)4-11(15)5-9(14)6-11/h1-3,9,15H,4-6,14H2. The highest BCUT2D eigenvalue weighted by Crippen LogP contribution is 2.34. The van der Waals surface area contributed by atoms with Crippen LogP contribution < -0.4 is 5.73 Å². The number of nitrogens with two attached hydrogens (primary N) is 1. The topological polar surface area (TPSA) is 46.2 Å². The SMILES string of the molecule is NC1CC(O)(Cc2ccc(Cl)cc2F)C1. The van der Waals surface area contributed by atoms with Gasteiger partial charge in [0.15, 0.2) is 0 Å². The lowest BCUT2D eigenvalue weighted by Gasteiger charge is -2.42. The van der Waals surface area contributed by atoms with Crippen LogP contribution >= 0.6 is 11.6 Å². The molecule has 3 N–H and O–H groups in total. The van der Waals surface area contributed by atoms with Crippen LogP contribution in [0.4, 0.5) is 4.39 Å². The number of hydrogen-bond donors (Lipinski definition) is 2. The second-order valence-corrected chi connectivity index (χ2v) is 4.74. The summed E-state index contributed by atoms with van der Waals surface area (Å²) < 4.78 is 13.4. The molecule has 1 aliphatic carbocycles. The van der Waals surface area contributed by atoms with E-state index in [1.165, 1.54) is 6.07 Å². The molecule has 15 heavy (non-hydrogen) atoms. The Bertz CT molecular complexity index is 377. The van der Waals surface area contributed by atoms with E-state index in [0.717, 1.165) is 0 Å². The van der Waals surface area contributed by atoms with Gasteiger partial charge in [0.25, 0.3) is 0 Å². The summed E-state index contributed by atoms with van der Waals surface area (Å²) in [6.07, 6.45) is 1.38. The van der Waals surface area contributed by atoms with Crippen molar-refractivity contribution in [1.82, 2.24) is 0 Å². The van der Waals surface area contributed by atoms with Gasteiger partial charge in [0.1, 0.15) is 5.82 Å². The molecular weight excluding hydrogens is 217 g/mol. The van der Waals surface area contributed by atoms with Gasteiger partial charge in [0, 0.05) is 17.5 Å². The third kappa shape index (κ3) is 2.30. The lowest BCUT2D eigenvalue weighted by Crippen LogP contribution is -2.52. The molecule has 0 heterocycles. The first-order valence-electron chi connectivity index (χ1n) is 4.90. The predicted molar refractivity (Wildman–Crippen MR) is 57.3 cm³/mol. The van der Waals surface area contributed by atoms with Crippen molar-refractivity contribution in [2.75, 3.05) is 0 Å². The van der Waals surface area contributed by atoms with Crippen LogP contribution in [-0.4, -0.2) is 16.7 Å². The van der Waals surface area contributed by atoms with Crippen molar-refractivity contribution < 1.29 is 9.50 Å². The van der Waals surface area contributed by atoms with Crippen LogP contribution in [0.25, 0.3) is 0 Å². The summed E-state index contributed by atoms with van der Waals surface area (Å²) in [5, 5.41) is 10.3. The number of hydrogen-bond acceptors (Lipinski definition) is 2. The Balaban J connectivity index is 2.11. The van der Waals surface area contributed by atoms with Crippen molar-refractivity contribution in [3.63, 3.8) is 0 Å². The van der Waals surface area contributed by atoms with Gasteiger partial charge in [-0.3, -0.25) is 0 Å². The minimum atomic E-state index is -0.825. The fraction of sp³-hybridized carbons (Fsp3) is 0.455. The molecule has 82 valence electrons. The molecule has 0 radical (unpaired) electrons. The quantitative estimate of drug-likeness (QED) is 0.814. The number of aliphatic hydroxyl groups is 1. The maximum Gasteiger partial charge on any atom is 0.127 e. The van der Waals surface area contributed by atoms with Gasteiger partial charge in [-0.25, -0.2) is 4.39 Å². The molecule has 2 nitrogen and oxygen atoms in total. The van der Waals surface area contributed by atoms with E-state index in [-0.39, 0.29) is 11.9 Å². The third-order valence-electron chi connectivity index (χ3n) is 2.82. The van der Waals surface area contributed by atoms with Crippen molar-refractivity contribution in [2.24, 2.45) is 5.73 Å². The Morgan fingerprint density at radius 2 is 2.20 bits per heavy atom. The minimum absolute atomic E-state index is 0.0466. The highest BCUT2D eigenvalue weighted by molar-refractivity contribution is 6.30. The summed E-state index contributed by atoms with van der Waals surface area (Å²) in [6, 6.07) is 4.55. The first-order valence-corrected chi connectivity index (χ1v) is 5.28. The van der Waals surface area contributed by atoms with Gasteiger partial charge >= 0.3 is 0 Å². The molecule has 1 saturated carbocycles. The summed E-state index contributed by atoms with van der Waals surface area (Å²) in [5.41, 5.74) is 5.26. The summed E-state index contributed by atoms with van der Waals surface area (Å²) in [5.74, 6) is -0.364. The second-order valence-electron chi connectivity index (χ2n) is 4.31. The average Bonchev–Trinajstić information content (AvgIpc) is 2.08. The first-order chi connectivity index (χ1) is 6.98. The summed E-state index contributed by atoms with van der Waals surface area (Å²) in [4.78, 5) is 0. The number of benzene rings is 1. The zero-order chi connectivity index (χ0) is 11.1. The van der Waals surface area contributed by atoms with Crippen LogP contribution in [0, 0.1) is 5.82 Å². The van der Waals surface area contributed by atoms with Crippen LogP contribution in [0.1, 0.15) is 18.4 Å². The van der Waals surface area contributed by atoms with Crippen molar-refractivity contribution in [3.8, 4) is 0 Å².